The van der Waals surface area contributed by atoms with Gasteiger partial charge >= 0.3 is 17.9 Å². The second-order valence-electron chi connectivity index (χ2n) is 9.72. The lowest BCUT2D eigenvalue weighted by Gasteiger charge is -2.11. The van der Waals surface area contributed by atoms with Crippen LogP contribution in [-0.4, -0.2) is 24.9 Å². The highest BCUT2D eigenvalue weighted by Crippen LogP contribution is 2.38. The maximum atomic E-state index is 13.8. The zero-order valence-electron chi connectivity index (χ0n) is 23.6. The fourth-order valence-corrected chi connectivity index (χ4v) is 4.15. The first kappa shape index (κ1) is 31.5. The molecule has 7 nitrogen and oxygen atoms in total. The molecular formula is C32H27F5N5O2+. The molecule has 0 aliphatic heterocycles. The van der Waals surface area contributed by atoms with Crippen LogP contribution in [0.25, 0.3) is 4.85 Å². The van der Waals surface area contributed by atoms with Crippen molar-refractivity contribution in [1.29, 1.82) is 0 Å². The monoisotopic (exact) mass is 608 g/mol. The normalized spacial score (nSPS) is 10.8. The summed E-state index contributed by atoms with van der Waals surface area (Å²) in [5, 5.41) is 10.9. The number of benzene rings is 4. The first-order valence-corrected chi connectivity index (χ1v) is 13.3. The Bertz CT molecular complexity index is 1760. The number of carbonyl (C=O) groups excluding carboxylic acids is 2. The summed E-state index contributed by atoms with van der Waals surface area (Å²) in [4.78, 5) is 29.0. The van der Waals surface area contributed by atoms with Crippen LogP contribution >= 0.6 is 0 Å². The van der Waals surface area contributed by atoms with Crippen molar-refractivity contribution in [2.75, 3.05) is 34.4 Å². The zero-order valence-corrected chi connectivity index (χ0v) is 23.6. The maximum Gasteiger partial charge on any atom is 0.424 e. The molecule has 0 radical (unpaired) electrons. The van der Waals surface area contributed by atoms with Crippen LogP contribution in [0.2, 0.25) is 0 Å². The third-order valence-electron chi connectivity index (χ3n) is 6.34. The smallest absolute Gasteiger partial charge is 0.376 e. The molecule has 0 unspecified atom stereocenters. The van der Waals surface area contributed by atoms with E-state index in [2.05, 4.69) is 32.2 Å². The molecule has 0 saturated heterocycles. The Morgan fingerprint density at radius 3 is 1.86 bits per heavy atom. The van der Waals surface area contributed by atoms with Gasteiger partial charge in [0.25, 0.3) is 0 Å². The molecule has 0 heterocycles. The van der Waals surface area contributed by atoms with Gasteiger partial charge in [0.2, 0.25) is 11.8 Å². The molecule has 4 N–H and O–H groups in total. The summed E-state index contributed by atoms with van der Waals surface area (Å²) < 4.78 is 68.0. The minimum Gasteiger partial charge on any atom is -0.376 e. The summed E-state index contributed by atoms with van der Waals surface area (Å²) in [6.45, 7) is 2.97. The number of nitrogens with one attached hydrogen (secondary N) is 4. The van der Waals surface area contributed by atoms with Gasteiger partial charge < -0.3 is 21.3 Å². The lowest BCUT2D eigenvalue weighted by atomic mass is 10.1. The summed E-state index contributed by atoms with van der Waals surface area (Å²) in [5.41, 5.74) is 1.24. The lowest BCUT2D eigenvalue weighted by Crippen LogP contribution is -2.22. The molecule has 0 atom stereocenters. The average Bonchev–Trinajstić information content (AvgIpc) is 2.95. The fraction of sp³-hybridized carbons (Fsp3) is 0.156. The van der Waals surface area contributed by atoms with Gasteiger partial charge in [-0.1, -0.05) is 12.1 Å². The number of para-hydroxylation sites is 1. The molecule has 4 aromatic carbocycles. The third kappa shape index (κ3) is 8.54. The Labute approximate surface area is 249 Å². The lowest BCUT2D eigenvalue weighted by molar-refractivity contribution is -0.136. The Balaban J connectivity index is 1.49. The standard InChI is InChI=1S/C32H26F5N5O2/c1-19-13-22(33)7-11-26(19)39-17-30(43)41-24-9-10-25(32(35,36)37)29(15-24)38-16-21-5-3-4-6-28(21)42-31(44)18-40-27-12-8-23(34)14-20(27)2/h3-15,39-40H,17-18H2,1-2H3,(H,41,43)/p+1. The highest BCUT2D eigenvalue weighted by molar-refractivity contribution is 5.95. The SMILES string of the molecule is Cc1cc(F)ccc1NCC(=O)Nc1ccc(C(F)(F)F)c([N+]#Cc2ccccc2NC(=O)CNc2ccc(F)cc2C)c1. The van der Waals surface area contributed by atoms with Crippen LogP contribution in [0.5, 0.6) is 0 Å². The van der Waals surface area contributed by atoms with Gasteiger partial charge in [-0.15, -0.1) is 0 Å². The van der Waals surface area contributed by atoms with E-state index in [-0.39, 0.29) is 30.0 Å². The van der Waals surface area contributed by atoms with E-state index in [1.807, 2.05) is 0 Å². The van der Waals surface area contributed by atoms with Crippen molar-refractivity contribution in [1.82, 2.24) is 0 Å². The van der Waals surface area contributed by atoms with E-state index in [4.69, 9.17) is 0 Å². The first-order chi connectivity index (χ1) is 20.9. The summed E-state index contributed by atoms with van der Waals surface area (Å²) in [6, 6.07) is 19.9. The van der Waals surface area contributed by atoms with Gasteiger partial charge in [-0.3, -0.25) is 9.59 Å². The van der Waals surface area contributed by atoms with E-state index in [1.54, 1.807) is 26.0 Å². The van der Waals surface area contributed by atoms with Crippen molar-refractivity contribution in [3.63, 3.8) is 0 Å². The highest BCUT2D eigenvalue weighted by Gasteiger charge is 2.38. The number of aryl methyl sites for hydroxylation is 2. The third-order valence-corrected chi connectivity index (χ3v) is 6.34. The van der Waals surface area contributed by atoms with Crippen LogP contribution in [0.15, 0.2) is 78.9 Å². The van der Waals surface area contributed by atoms with Crippen molar-refractivity contribution in [2.24, 2.45) is 0 Å². The van der Waals surface area contributed by atoms with Gasteiger partial charge in [0, 0.05) is 17.1 Å². The van der Waals surface area contributed by atoms with Gasteiger partial charge in [-0.2, -0.15) is 13.2 Å². The predicted molar refractivity (Wildman–Crippen MR) is 160 cm³/mol. The summed E-state index contributed by atoms with van der Waals surface area (Å²) in [7, 11) is 0. The molecular weight excluding hydrogens is 581 g/mol. The van der Waals surface area contributed by atoms with Crippen LogP contribution < -0.4 is 21.3 Å². The number of nitrogens with zero attached hydrogens (tertiary/aromatic N) is 1. The fourth-order valence-electron chi connectivity index (χ4n) is 4.15. The number of anilines is 4. The van der Waals surface area contributed by atoms with Gasteiger partial charge in [0.15, 0.2) is 0 Å². The van der Waals surface area contributed by atoms with Gasteiger partial charge in [-0.25, -0.2) is 8.78 Å². The molecule has 2 amide bonds. The molecule has 0 fully saturated rings. The number of halogens is 5. The Hall–Kier alpha value is -5.44. The van der Waals surface area contributed by atoms with Crippen molar-refractivity contribution in [2.45, 2.75) is 20.0 Å². The van der Waals surface area contributed by atoms with E-state index in [0.29, 0.717) is 22.5 Å². The van der Waals surface area contributed by atoms with E-state index in [1.165, 1.54) is 48.5 Å². The molecule has 44 heavy (non-hydrogen) atoms. The van der Waals surface area contributed by atoms with Gasteiger partial charge in [0.1, 0.15) is 22.8 Å². The second kappa shape index (κ2) is 13.7. The van der Waals surface area contributed by atoms with Crippen LogP contribution in [0.4, 0.5) is 50.4 Å². The molecule has 226 valence electrons. The minimum atomic E-state index is -4.75. The molecule has 0 aliphatic carbocycles. The van der Waals surface area contributed by atoms with Gasteiger partial charge in [0.05, 0.1) is 24.8 Å². The van der Waals surface area contributed by atoms with E-state index >= 15 is 0 Å². The largest absolute Gasteiger partial charge is 0.424 e. The Morgan fingerprint density at radius 2 is 1.30 bits per heavy atom. The van der Waals surface area contributed by atoms with E-state index < -0.39 is 40.9 Å². The molecule has 4 aromatic rings. The Kier molecular flexibility index (Phi) is 9.80. The van der Waals surface area contributed by atoms with Crippen molar-refractivity contribution in [3.8, 4) is 6.07 Å². The van der Waals surface area contributed by atoms with E-state index in [9.17, 15) is 31.5 Å². The van der Waals surface area contributed by atoms with Crippen LogP contribution in [-0.2, 0) is 15.8 Å². The number of hydrogen-bond donors (Lipinski definition) is 4. The van der Waals surface area contributed by atoms with Crippen molar-refractivity contribution in [3.05, 3.63) is 118 Å². The van der Waals surface area contributed by atoms with Crippen LogP contribution in [0.1, 0.15) is 22.3 Å². The van der Waals surface area contributed by atoms with Crippen LogP contribution in [0.3, 0.4) is 0 Å². The Morgan fingerprint density at radius 1 is 0.727 bits per heavy atom. The molecule has 4 rings (SSSR count). The quantitative estimate of drug-likeness (QED) is 0.154. The molecule has 0 saturated carbocycles. The summed E-state index contributed by atoms with van der Waals surface area (Å²) in [6.07, 6.45) is -4.75. The number of amides is 2. The second-order valence-corrected chi connectivity index (χ2v) is 9.72. The molecule has 0 bridgehead atoms. The molecule has 0 aliphatic rings. The highest BCUT2D eigenvalue weighted by atomic mass is 19.4. The molecule has 0 spiro atoms. The van der Waals surface area contributed by atoms with E-state index in [0.717, 1.165) is 18.2 Å². The number of hydrogen-bond acceptors (Lipinski definition) is 4. The predicted octanol–water partition coefficient (Wildman–Crippen LogP) is 7.71. The van der Waals surface area contributed by atoms with Crippen molar-refractivity contribution < 1.29 is 31.5 Å². The minimum absolute atomic E-state index is 0.0601. The number of carbonyl (C=O) groups is 2. The van der Waals surface area contributed by atoms with Gasteiger partial charge in [-0.05, 0) is 90.5 Å². The number of rotatable bonds is 8. The first-order valence-electron chi connectivity index (χ1n) is 13.3. The number of alkyl halides is 3. The molecule has 12 heteroatoms. The topological polar surface area (TPSA) is 86.6 Å². The maximum absolute atomic E-state index is 13.8. The summed E-state index contributed by atoms with van der Waals surface area (Å²) >= 11 is 0. The van der Waals surface area contributed by atoms with Crippen LogP contribution in [0, 0.1) is 31.6 Å². The average molecular weight is 609 g/mol. The molecule has 0 aromatic heterocycles. The zero-order chi connectivity index (χ0) is 31.9. The summed E-state index contributed by atoms with van der Waals surface area (Å²) in [5.74, 6) is -1.85. The van der Waals surface area contributed by atoms with Crippen molar-refractivity contribution >= 4 is 40.3 Å².